The van der Waals surface area contributed by atoms with Crippen LogP contribution < -0.4 is 10.9 Å². The molecule has 2 aromatic heterocycles. The molecule has 0 fully saturated rings. The standard InChI is InChI=1S/C21H20N4O2/c1-14-18-19(24-23-14)16-10-5-6-11-17(16)25(21(18)27)13-7-12-22-20(26)15-8-3-2-4-9-15/h2-6,8-11H,7,12-13H2,1H3,(H,22,26)(H,23,24). The van der Waals surface area contributed by atoms with Crippen LogP contribution >= 0.6 is 0 Å². The van der Waals surface area contributed by atoms with Crippen LogP contribution in [0.2, 0.25) is 0 Å². The first-order valence-electron chi connectivity index (χ1n) is 8.96. The van der Waals surface area contributed by atoms with Gasteiger partial charge < -0.3 is 9.88 Å². The molecule has 0 unspecified atom stereocenters. The number of hydrogen-bond acceptors (Lipinski definition) is 3. The Balaban J connectivity index is 1.56. The highest BCUT2D eigenvalue weighted by Crippen LogP contribution is 2.22. The van der Waals surface area contributed by atoms with Gasteiger partial charge in [0.2, 0.25) is 0 Å². The molecule has 0 radical (unpaired) electrons. The number of para-hydroxylation sites is 1. The van der Waals surface area contributed by atoms with E-state index in [1.54, 1.807) is 16.7 Å². The van der Waals surface area contributed by atoms with Crippen molar-refractivity contribution in [3.05, 3.63) is 76.2 Å². The van der Waals surface area contributed by atoms with E-state index in [0.717, 1.165) is 16.4 Å². The van der Waals surface area contributed by atoms with Gasteiger partial charge in [0.15, 0.2) is 0 Å². The van der Waals surface area contributed by atoms with E-state index in [2.05, 4.69) is 15.5 Å². The maximum absolute atomic E-state index is 13.0. The SMILES string of the molecule is Cc1n[nH]c2c1c(=O)n(CCCNC(=O)c1ccccc1)c1ccccc21. The Labute approximate surface area is 155 Å². The molecule has 0 atom stereocenters. The molecule has 2 aromatic carbocycles. The zero-order valence-electron chi connectivity index (χ0n) is 15.0. The number of nitrogens with zero attached hydrogens (tertiary/aromatic N) is 2. The summed E-state index contributed by atoms with van der Waals surface area (Å²) in [5.74, 6) is -0.103. The lowest BCUT2D eigenvalue weighted by Crippen LogP contribution is -2.27. The van der Waals surface area contributed by atoms with Crippen LogP contribution in [0, 0.1) is 6.92 Å². The van der Waals surface area contributed by atoms with E-state index in [0.29, 0.717) is 36.2 Å². The minimum atomic E-state index is -0.103. The summed E-state index contributed by atoms with van der Waals surface area (Å²) in [6, 6.07) is 16.9. The van der Waals surface area contributed by atoms with E-state index < -0.39 is 0 Å². The van der Waals surface area contributed by atoms with E-state index in [9.17, 15) is 9.59 Å². The number of H-pyrrole nitrogens is 1. The third kappa shape index (κ3) is 3.10. The fourth-order valence-corrected chi connectivity index (χ4v) is 3.41. The predicted octanol–water partition coefficient (Wildman–Crippen LogP) is 3.01. The van der Waals surface area contributed by atoms with Gasteiger partial charge in [-0.05, 0) is 31.5 Å². The summed E-state index contributed by atoms with van der Waals surface area (Å²) in [7, 11) is 0. The fraction of sp³-hybridized carbons (Fsp3) is 0.190. The zero-order valence-corrected chi connectivity index (χ0v) is 15.0. The summed E-state index contributed by atoms with van der Waals surface area (Å²) < 4.78 is 1.77. The van der Waals surface area contributed by atoms with Crippen LogP contribution in [0.4, 0.5) is 0 Å². The van der Waals surface area contributed by atoms with Gasteiger partial charge in [-0.1, -0.05) is 36.4 Å². The van der Waals surface area contributed by atoms with Crippen molar-refractivity contribution in [3.8, 4) is 0 Å². The number of fused-ring (bicyclic) bond motifs is 3. The van der Waals surface area contributed by atoms with Crippen molar-refractivity contribution >= 4 is 27.7 Å². The van der Waals surface area contributed by atoms with E-state index in [-0.39, 0.29) is 11.5 Å². The van der Waals surface area contributed by atoms with Crippen molar-refractivity contribution in [1.29, 1.82) is 0 Å². The number of aromatic amines is 1. The molecule has 2 heterocycles. The van der Waals surface area contributed by atoms with Gasteiger partial charge in [0.05, 0.1) is 22.1 Å². The van der Waals surface area contributed by atoms with Gasteiger partial charge in [-0.3, -0.25) is 14.7 Å². The van der Waals surface area contributed by atoms with Crippen molar-refractivity contribution in [2.75, 3.05) is 6.54 Å². The summed E-state index contributed by atoms with van der Waals surface area (Å²) in [6.45, 7) is 2.85. The number of hydrogen-bond donors (Lipinski definition) is 2. The lowest BCUT2D eigenvalue weighted by Gasteiger charge is -2.12. The molecule has 0 saturated heterocycles. The summed E-state index contributed by atoms with van der Waals surface area (Å²) >= 11 is 0. The Morgan fingerprint density at radius 3 is 2.67 bits per heavy atom. The lowest BCUT2D eigenvalue weighted by atomic mass is 10.1. The molecule has 0 aliphatic heterocycles. The molecule has 27 heavy (non-hydrogen) atoms. The molecule has 6 nitrogen and oxygen atoms in total. The number of aryl methyl sites for hydroxylation is 2. The Kier molecular flexibility index (Phi) is 4.46. The second-order valence-electron chi connectivity index (χ2n) is 6.51. The van der Waals surface area contributed by atoms with Gasteiger partial charge >= 0.3 is 0 Å². The number of carbonyl (C=O) groups is 1. The minimum absolute atomic E-state index is 0.0515. The zero-order chi connectivity index (χ0) is 18.8. The highest BCUT2D eigenvalue weighted by Gasteiger charge is 2.14. The number of nitrogens with one attached hydrogen (secondary N) is 2. The van der Waals surface area contributed by atoms with Crippen LogP contribution in [0.15, 0.2) is 59.4 Å². The van der Waals surface area contributed by atoms with Crippen LogP contribution in [0.5, 0.6) is 0 Å². The molecular weight excluding hydrogens is 340 g/mol. The fourth-order valence-electron chi connectivity index (χ4n) is 3.41. The molecule has 0 bridgehead atoms. The Hall–Kier alpha value is -3.41. The highest BCUT2D eigenvalue weighted by molar-refractivity contribution is 6.03. The average molecular weight is 360 g/mol. The number of amides is 1. The molecule has 0 spiro atoms. The largest absolute Gasteiger partial charge is 0.352 e. The highest BCUT2D eigenvalue weighted by atomic mass is 16.1. The minimum Gasteiger partial charge on any atom is -0.352 e. The van der Waals surface area contributed by atoms with Crippen molar-refractivity contribution in [2.24, 2.45) is 0 Å². The average Bonchev–Trinajstić information content (AvgIpc) is 3.10. The number of rotatable bonds is 5. The van der Waals surface area contributed by atoms with E-state index in [4.69, 9.17) is 0 Å². The van der Waals surface area contributed by atoms with E-state index >= 15 is 0 Å². The van der Waals surface area contributed by atoms with Gasteiger partial charge in [0.1, 0.15) is 0 Å². The summed E-state index contributed by atoms with van der Waals surface area (Å²) in [4.78, 5) is 25.1. The van der Waals surface area contributed by atoms with Crippen LogP contribution in [0.25, 0.3) is 21.8 Å². The van der Waals surface area contributed by atoms with Crippen molar-refractivity contribution < 1.29 is 4.79 Å². The molecule has 6 heteroatoms. The van der Waals surface area contributed by atoms with Crippen molar-refractivity contribution in [3.63, 3.8) is 0 Å². The molecule has 4 rings (SSSR count). The molecule has 4 aromatic rings. The summed E-state index contributed by atoms with van der Waals surface area (Å²) in [6.07, 6.45) is 0.658. The lowest BCUT2D eigenvalue weighted by molar-refractivity contribution is 0.0953. The first-order valence-corrected chi connectivity index (χ1v) is 8.96. The Bertz CT molecular complexity index is 1180. The Morgan fingerprint density at radius 2 is 1.85 bits per heavy atom. The van der Waals surface area contributed by atoms with Gasteiger partial charge in [-0.2, -0.15) is 5.10 Å². The third-order valence-corrected chi connectivity index (χ3v) is 4.75. The molecule has 0 aliphatic carbocycles. The molecule has 1 amide bonds. The van der Waals surface area contributed by atoms with Crippen LogP contribution in [-0.2, 0) is 6.54 Å². The second-order valence-corrected chi connectivity index (χ2v) is 6.51. The number of carbonyl (C=O) groups excluding carboxylic acids is 1. The number of aromatic nitrogens is 3. The molecular formula is C21H20N4O2. The van der Waals surface area contributed by atoms with E-state index in [1.807, 2.05) is 49.4 Å². The monoisotopic (exact) mass is 360 g/mol. The van der Waals surface area contributed by atoms with Crippen LogP contribution in [0.1, 0.15) is 22.5 Å². The summed E-state index contributed by atoms with van der Waals surface area (Å²) in [5.41, 5.74) is 2.93. The quantitative estimate of drug-likeness (QED) is 0.537. The van der Waals surface area contributed by atoms with Crippen LogP contribution in [0.3, 0.4) is 0 Å². The predicted molar refractivity (Wildman–Crippen MR) is 106 cm³/mol. The first-order chi connectivity index (χ1) is 13.2. The van der Waals surface area contributed by atoms with Crippen molar-refractivity contribution in [1.82, 2.24) is 20.1 Å². The molecule has 2 N–H and O–H groups in total. The molecule has 0 saturated carbocycles. The van der Waals surface area contributed by atoms with Crippen molar-refractivity contribution in [2.45, 2.75) is 19.9 Å². The van der Waals surface area contributed by atoms with E-state index in [1.165, 1.54) is 0 Å². The maximum atomic E-state index is 13.0. The third-order valence-electron chi connectivity index (χ3n) is 4.75. The summed E-state index contributed by atoms with van der Waals surface area (Å²) in [5, 5.41) is 11.7. The van der Waals surface area contributed by atoms with Gasteiger partial charge in [-0.25, -0.2) is 0 Å². The smallest absolute Gasteiger partial charge is 0.262 e. The molecule has 136 valence electrons. The topological polar surface area (TPSA) is 79.8 Å². The maximum Gasteiger partial charge on any atom is 0.262 e. The number of benzene rings is 2. The van der Waals surface area contributed by atoms with Gasteiger partial charge in [0, 0.05) is 24.0 Å². The first kappa shape index (κ1) is 17.0. The van der Waals surface area contributed by atoms with Gasteiger partial charge in [0.25, 0.3) is 11.5 Å². The molecule has 0 aliphatic rings. The second kappa shape index (κ2) is 7.07. The Morgan fingerprint density at radius 1 is 1.11 bits per heavy atom. The normalized spacial score (nSPS) is 11.1. The number of pyridine rings is 1. The van der Waals surface area contributed by atoms with Crippen LogP contribution in [-0.4, -0.2) is 27.2 Å². The van der Waals surface area contributed by atoms with Gasteiger partial charge in [-0.15, -0.1) is 0 Å².